The maximum atomic E-state index is 11.6. The van der Waals surface area contributed by atoms with Crippen LogP contribution in [0, 0.1) is 5.92 Å². The summed E-state index contributed by atoms with van der Waals surface area (Å²) in [5.74, 6) is 0.483. The Labute approximate surface area is 74.1 Å². The Kier molecular flexibility index (Phi) is 3.09. The van der Waals surface area contributed by atoms with E-state index in [9.17, 15) is 4.79 Å². The van der Waals surface area contributed by atoms with Crippen molar-refractivity contribution in [2.75, 3.05) is 20.6 Å². The molecule has 3 nitrogen and oxygen atoms in total. The molecule has 0 radical (unpaired) electrons. The molecule has 2 atom stereocenters. The van der Waals surface area contributed by atoms with Gasteiger partial charge in [-0.05, 0) is 19.4 Å². The van der Waals surface area contributed by atoms with Crippen LogP contribution in [0.15, 0.2) is 0 Å². The van der Waals surface area contributed by atoms with E-state index in [1.165, 1.54) is 0 Å². The fourth-order valence-electron chi connectivity index (χ4n) is 1.82. The van der Waals surface area contributed by atoms with Crippen LogP contribution in [0.4, 0.5) is 0 Å². The Bertz CT molecular complexity index is 168. The number of carbonyl (C=O) groups is 1. The first kappa shape index (κ1) is 9.52. The molecular weight excluding hydrogens is 152 g/mol. The van der Waals surface area contributed by atoms with E-state index in [0.717, 1.165) is 19.4 Å². The minimum atomic E-state index is 0.213. The predicted octanol–water partition coefficient (Wildman–Crippen LogP) is 0.463. The van der Waals surface area contributed by atoms with Gasteiger partial charge in [-0.3, -0.25) is 4.79 Å². The minimum absolute atomic E-state index is 0.213. The second-order valence-corrected chi connectivity index (χ2v) is 3.60. The van der Waals surface area contributed by atoms with Gasteiger partial charge in [-0.15, -0.1) is 0 Å². The highest BCUT2D eigenvalue weighted by Crippen LogP contribution is 2.19. The number of nitrogens with zero attached hydrogens (tertiary/aromatic N) is 1. The molecule has 3 heteroatoms. The minimum Gasteiger partial charge on any atom is -0.349 e. The lowest BCUT2D eigenvalue weighted by Crippen LogP contribution is -2.37. The molecule has 0 aliphatic carbocycles. The molecule has 1 fully saturated rings. The fraction of sp³-hybridized carbons (Fsp3) is 0.889. The Morgan fingerprint density at radius 2 is 2.25 bits per heavy atom. The van der Waals surface area contributed by atoms with Gasteiger partial charge in [0.2, 0.25) is 5.91 Å². The van der Waals surface area contributed by atoms with Gasteiger partial charge in [0, 0.05) is 20.1 Å². The first-order valence-electron chi connectivity index (χ1n) is 4.61. The van der Waals surface area contributed by atoms with Crippen LogP contribution in [0.5, 0.6) is 0 Å². The number of carbonyl (C=O) groups excluding carboxylic acids is 1. The molecule has 0 aromatic heterocycles. The molecule has 1 amide bonds. The van der Waals surface area contributed by atoms with E-state index in [0.29, 0.717) is 6.04 Å². The van der Waals surface area contributed by atoms with E-state index in [2.05, 4.69) is 12.2 Å². The maximum absolute atomic E-state index is 11.6. The second-order valence-electron chi connectivity index (χ2n) is 3.60. The van der Waals surface area contributed by atoms with Crippen LogP contribution in [0.1, 0.15) is 19.8 Å². The SMILES string of the molecule is CCC1NCCC1C(=O)N(C)C. The quantitative estimate of drug-likeness (QED) is 0.653. The van der Waals surface area contributed by atoms with E-state index in [1.54, 1.807) is 4.90 Å². The summed E-state index contributed by atoms with van der Waals surface area (Å²) in [6, 6.07) is 0.403. The van der Waals surface area contributed by atoms with Crippen molar-refractivity contribution >= 4 is 5.91 Å². The lowest BCUT2D eigenvalue weighted by atomic mass is 9.97. The topological polar surface area (TPSA) is 32.3 Å². The van der Waals surface area contributed by atoms with Gasteiger partial charge < -0.3 is 10.2 Å². The van der Waals surface area contributed by atoms with Crippen molar-refractivity contribution in [3.63, 3.8) is 0 Å². The van der Waals surface area contributed by atoms with Crippen molar-refractivity contribution in [3.8, 4) is 0 Å². The number of rotatable bonds is 2. The summed E-state index contributed by atoms with van der Waals surface area (Å²) in [5, 5.41) is 3.34. The summed E-state index contributed by atoms with van der Waals surface area (Å²) >= 11 is 0. The molecule has 0 saturated carbocycles. The van der Waals surface area contributed by atoms with E-state index < -0.39 is 0 Å². The standard InChI is InChI=1S/C9H18N2O/c1-4-8-7(5-6-10-8)9(12)11(2)3/h7-8,10H,4-6H2,1-3H3. The maximum Gasteiger partial charge on any atom is 0.226 e. The van der Waals surface area contributed by atoms with E-state index in [1.807, 2.05) is 14.1 Å². The lowest BCUT2D eigenvalue weighted by molar-refractivity contribution is -0.133. The summed E-state index contributed by atoms with van der Waals surface area (Å²) in [5.41, 5.74) is 0. The molecule has 2 unspecified atom stereocenters. The highest BCUT2D eigenvalue weighted by Gasteiger charge is 2.31. The van der Waals surface area contributed by atoms with Crippen LogP contribution in [0.25, 0.3) is 0 Å². The van der Waals surface area contributed by atoms with E-state index in [-0.39, 0.29) is 11.8 Å². The van der Waals surface area contributed by atoms with Crippen molar-refractivity contribution < 1.29 is 4.79 Å². The van der Waals surface area contributed by atoms with Gasteiger partial charge in [0.05, 0.1) is 5.92 Å². The Morgan fingerprint density at radius 3 is 2.75 bits per heavy atom. The number of hydrogen-bond donors (Lipinski definition) is 1. The number of amides is 1. The first-order valence-corrected chi connectivity index (χ1v) is 4.61. The van der Waals surface area contributed by atoms with Gasteiger partial charge in [0.25, 0.3) is 0 Å². The zero-order valence-corrected chi connectivity index (χ0v) is 8.13. The molecule has 0 spiro atoms. The van der Waals surface area contributed by atoms with Gasteiger partial charge in [0.1, 0.15) is 0 Å². The molecule has 12 heavy (non-hydrogen) atoms. The molecule has 0 bridgehead atoms. The molecule has 1 heterocycles. The summed E-state index contributed by atoms with van der Waals surface area (Å²) < 4.78 is 0. The van der Waals surface area contributed by atoms with Crippen LogP contribution < -0.4 is 5.32 Å². The summed E-state index contributed by atoms with van der Waals surface area (Å²) in [6.45, 7) is 3.11. The second kappa shape index (κ2) is 3.90. The zero-order valence-electron chi connectivity index (χ0n) is 8.13. The van der Waals surface area contributed by atoms with Gasteiger partial charge in [0.15, 0.2) is 0 Å². The lowest BCUT2D eigenvalue weighted by Gasteiger charge is -2.20. The molecule has 1 saturated heterocycles. The van der Waals surface area contributed by atoms with Gasteiger partial charge in [-0.2, -0.15) is 0 Å². The van der Waals surface area contributed by atoms with E-state index in [4.69, 9.17) is 0 Å². The van der Waals surface area contributed by atoms with Gasteiger partial charge in [-0.1, -0.05) is 6.92 Å². The Morgan fingerprint density at radius 1 is 1.58 bits per heavy atom. The zero-order chi connectivity index (χ0) is 9.14. The highest BCUT2D eigenvalue weighted by atomic mass is 16.2. The average Bonchev–Trinajstić information content (AvgIpc) is 2.49. The van der Waals surface area contributed by atoms with Crippen molar-refractivity contribution in [1.29, 1.82) is 0 Å². The molecule has 0 aromatic carbocycles. The summed E-state index contributed by atoms with van der Waals surface area (Å²) in [4.78, 5) is 13.3. The third kappa shape index (κ3) is 1.78. The van der Waals surface area contributed by atoms with Gasteiger partial charge in [-0.25, -0.2) is 0 Å². The third-order valence-electron chi connectivity index (χ3n) is 2.55. The normalized spacial score (nSPS) is 28.9. The molecule has 1 aliphatic heterocycles. The van der Waals surface area contributed by atoms with Crippen LogP contribution in [0.2, 0.25) is 0 Å². The summed E-state index contributed by atoms with van der Waals surface area (Å²) in [6.07, 6.45) is 2.04. The smallest absolute Gasteiger partial charge is 0.226 e. The van der Waals surface area contributed by atoms with Crippen LogP contribution in [-0.4, -0.2) is 37.5 Å². The van der Waals surface area contributed by atoms with Crippen LogP contribution in [-0.2, 0) is 4.79 Å². The average molecular weight is 170 g/mol. The molecule has 1 N–H and O–H groups in total. The molecule has 1 rings (SSSR count). The predicted molar refractivity (Wildman–Crippen MR) is 48.9 cm³/mol. The Balaban J connectivity index is 2.55. The largest absolute Gasteiger partial charge is 0.349 e. The molecule has 70 valence electrons. The van der Waals surface area contributed by atoms with Crippen molar-refractivity contribution in [2.45, 2.75) is 25.8 Å². The van der Waals surface area contributed by atoms with Crippen molar-refractivity contribution in [2.24, 2.45) is 5.92 Å². The monoisotopic (exact) mass is 170 g/mol. The highest BCUT2D eigenvalue weighted by molar-refractivity contribution is 5.79. The fourth-order valence-corrected chi connectivity index (χ4v) is 1.82. The number of nitrogens with one attached hydrogen (secondary N) is 1. The third-order valence-corrected chi connectivity index (χ3v) is 2.55. The molecule has 1 aliphatic rings. The van der Waals surface area contributed by atoms with Crippen LogP contribution >= 0.6 is 0 Å². The van der Waals surface area contributed by atoms with E-state index >= 15 is 0 Å². The van der Waals surface area contributed by atoms with Crippen LogP contribution in [0.3, 0.4) is 0 Å². The van der Waals surface area contributed by atoms with Crippen molar-refractivity contribution in [3.05, 3.63) is 0 Å². The van der Waals surface area contributed by atoms with Gasteiger partial charge >= 0.3 is 0 Å². The summed E-state index contributed by atoms with van der Waals surface area (Å²) in [7, 11) is 3.65. The van der Waals surface area contributed by atoms with Crippen molar-refractivity contribution in [1.82, 2.24) is 10.2 Å². The first-order chi connectivity index (χ1) is 5.66. The molecular formula is C9H18N2O. The Hall–Kier alpha value is -0.570. The molecule has 0 aromatic rings. The number of hydrogen-bond acceptors (Lipinski definition) is 2.